The van der Waals surface area contributed by atoms with E-state index in [-0.39, 0.29) is 5.91 Å². The number of aryl methyl sites for hydroxylation is 1. The van der Waals surface area contributed by atoms with Gasteiger partial charge >= 0.3 is 0 Å². The van der Waals surface area contributed by atoms with E-state index in [2.05, 4.69) is 15.3 Å². The lowest BCUT2D eigenvalue weighted by atomic mass is 10.3. The molecule has 5 nitrogen and oxygen atoms in total. The first-order valence-electron chi connectivity index (χ1n) is 4.83. The number of pyridine rings is 1. The minimum Gasteiger partial charge on any atom is -0.397 e. The van der Waals surface area contributed by atoms with Crippen LogP contribution in [0, 0.1) is 6.92 Å². The molecule has 0 radical (unpaired) electrons. The Morgan fingerprint density at radius 2 is 2.38 bits per heavy atom. The zero-order valence-electron chi connectivity index (χ0n) is 8.82. The van der Waals surface area contributed by atoms with Crippen LogP contribution in [-0.4, -0.2) is 15.9 Å². The van der Waals surface area contributed by atoms with E-state index in [1.165, 1.54) is 0 Å². The van der Waals surface area contributed by atoms with Crippen molar-refractivity contribution in [2.75, 3.05) is 11.1 Å². The van der Waals surface area contributed by atoms with Gasteiger partial charge in [-0.25, -0.2) is 0 Å². The number of aromatic amines is 1. The average molecular weight is 216 g/mol. The molecule has 1 amide bonds. The van der Waals surface area contributed by atoms with Crippen molar-refractivity contribution in [1.82, 2.24) is 9.97 Å². The highest BCUT2D eigenvalue weighted by atomic mass is 16.1. The second kappa shape index (κ2) is 4.06. The number of hydrogen-bond acceptors (Lipinski definition) is 3. The molecule has 0 saturated carbocycles. The molecular formula is C11H12N4O. The van der Waals surface area contributed by atoms with Gasteiger partial charge in [0.2, 0.25) is 0 Å². The molecule has 2 rings (SSSR count). The van der Waals surface area contributed by atoms with Gasteiger partial charge < -0.3 is 16.0 Å². The third-order valence-electron chi connectivity index (χ3n) is 2.21. The summed E-state index contributed by atoms with van der Waals surface area (Å²) in [6.45, 7) is 1.83. The SMILES string of the molecule is Cc1ncccc1NC(=O)c1cc(N)c[nH]1. The fourth-order valence-electron chi connectivity index (χ4n) is 1.35. The largest absolute Gasteiger partial charge is 0.397 e. The molecule has 2 heterocycles. The van der Waals surface area contributed by atoms with Crippen LogP contribution in [0.2, 0.25) is 0 Å². The highest BCUT2D eigenvalue weighted by Crippen LogP contribution is 2.12. The molecule has 0 aliphatic heterocycles. The van der Waals surface area contributed by atoms with Crippen LogP contribution in [0.15, 0.2) is 30.6 Å². The van der Waals surface area contributed by atoms with Gasteiger partial charge in [-0.1, -0.05) is 0 Å². The Morgan fingerprint density at radius 1 is 1.56 bits per heavy atom. The van der Waals surface area contributed by atoms with E-state index < -0.39 is 0 Å². The van der Waals surface area contributed by atoms with E-state index in [4.69, 9.17) is 5.73 Å². The molecule has 0 spiro atoms. The fraction of sp³-hybridized carbons (Fsp3) is 0.0909. The molecule has 0 aliphatic carbocycles. The summed E-state index contributed by atoms with van der Waals surface area (Å²) in [5.41, 5.74) is 7.95. The second-order valence-corrected chi connectivity index (χ2v) is 3.44. The summed E-state index contributed by atoms with van der Waals surface area (Å²) in [6, 6.07) is 5.15. The van der Waals surface area contributed by atoms with E-state index in [1.54, 1.807) is 30.6 Å². The molecule has 0 unspecified atom stereocenters. The maximum Gasteiger partial charge on any atom is 0.272 e. The smallest absolute Gasteiger partial charge is 0.272 e. The molecule has 0 aliphatic rings. The van der Waals surface area contributed by atoms with Crippen molar-refractivity contribution in [3.8, 4) is 0 Å². The lowest BCUT2D eigenvalue weighted by Gasteiger charge is -2.05. The normalized spacial score (nSPS) is 10.1. The molecule has 0 bridgehead atoms. The van der Waals surface area contributed by atoms with E-state index in [0.29, 0.717) is 17.1 Å². The van der Waals surface area contributed by atoms with Crippen molar-refractivity contribution < 1.29 is 4.79 Å². The molecule has 0 atom stereocenters. The lowest BCUT2D eigenvalue weighted by Crippen LogP contribution is -2.13. The van der Waals surface area contributed by atoms with Crippen LogP contribution in [0.25, 0.3) is 0 Å². The first-order valence-corrected chi connectivity index (χ1v) is 4.83. The van der Waals surface area contributed by atoms with Crippen molar-refractivity contribution in [2.45, 2.75) is 6.92 Å². The minimum absolute atomic E-state index is 0.229. The Balaban J connectivity index is 2.17. The number of nitrogens with one attached hydrogen (secondary N) is 2. The topological polar surface area (TPSA) is 83.8 Å². The molecule has 5 heteroatoms. The maximum absolute atomic E-state index is 11.8. The highest BCUT2D eigenvalue weighted by molar-refractivity contribution is 6.03. The van der Waals surface area contributed by atoms with Gasteiger partial charge in [0.15, 0.2) is 0 Å². The average Bonchev–Trinajstić information content (AvgIpc) is 2.68. The van der Waals surface area contributed by atoms with Crippen molar-refractivity contribution in [3.63, 3.8) is 0 Å². The zero-order chi connectivity index (χ0) is 11.5. The fourth-order valence-corrected chi connectivity index (χ4v) is 1.35. The van der Waals surface area contributed by atoms with Crippen molar-refractivity contribution in [2.24, 2.45) is 0 Å². The minimum atomic E-state index is -0.229. The van der Waals surface area contributed by atoms with Crippen LogP contribution < -0.4 is 11.1 Å². The Kier molecular flexibility index (Phi) is 2.59. The van der Waals surface area contributed by atoms with Gasteiger partial charge in [0, 0.05) is 18.1 Å². The van der Waals surface area contributed by atoms with Crippen molar-refractivity contribution in [3.05, 3.63) is 42.0 Å². The molecule has 2 aromatic rings. The molecule has 0 fully saturated rings. The summed E-state index contributed by atoms with van der Waals surface area (Å²) < 4.78 is 0. The quantitative estimate of drug-likeness (QED) is 0.712. The van der Waals surface area contributed by atoms with Crippen LogP contribution in [0.4, 0.5) is 11.4 Å². The molecule has 2 aromatic heterocycles. The number of carbonyl (C=O) groups excluding carboxylic acids is 1. The van der Waals surface area contributed by atoms with Gasteiger partial charge in [0.1, 0.15) is 5.69 Å². The Labute approximate surface area is 92.7 Å². The van der Waals surface area contributed by atoms with E-state index in [9.17, 15) is 4.79 Å². The number of aromatic nitrogens is 2. The van der Waals surface area contributed by atoms with Gasteiger partial charge in [0.25, 0.3) is 5.91 Å². The van der Waals surface area contributed by atoms with Gasteiger partial charge in [-0.3, -0.25) is 9.78 Å². The van der Waals surface area contributed by atoms with Gasteiger partial charge in [-0.15, -0.1) is 0 Å². The molecule has 4 N–H and O–H groups in total. The summed E-state index contributed by atoms with van der Waals surface area (Å²) in [6.07, 6.45) is 3.25. The van der Waals surface area contributed by atoms with Crippen LogP contribution in [-0.2, 0) is 0 Å². The van der Waals surface area contributed by atoms with Gasteiger partial charge in [0.05, 0.1) is 11.4 Å². The monoisotopic (exact) mass is 216 g/mol. The Morgan fingerprint density at radius 3 is 3.00 bits per heavy atom. The Bertz CT molecular complexity index is 518. The van der Waals surface area contributed by atoms with E-state index in [0.717, 1.165) is 5.69 Å². The van der Waals surface area contributed by atoms with Crippen LogP contribution in [0.5, 0.6) is 0 Å². The standard InChI is InChI=1S/C11H12N4O/c1-7-9(3-2-4-13-7)15-11(16)10-5-8(12)6-14-10/h2-6,14H,12H2,1H3,(H,15,16). The van der Waals surface area contributed by atoms with E-state index >= 15 is 0 Å². The summed E-state index contributed by atoms with van der Waals surface area (Å²) in [5, 5.41) is 2.75. The first-order chi connectivity index (χ1) is 7.66. The second-order valence-electron chi connectivity index (χ2n) is 3.44. The highest BCUT2D eigenvalue weighted by Gasteiger charge is 2.09. The number of H-pyrrole nitrogens is 1. The number of hydrogen-bond donors (Lipinski definition) is 3. The maximum atomic E-state index is 11.8. The first kappa shape index (κ1) is 10.2. The third kappa shape index (κ3) is 2.03. The third-order valence-corrected chi connectivity index (χ3v) is 2.21. The molecular weight excluding hydrogens is 204 g/mol. The van der Waals surface area contributed by atoms with Crippen molar-refractivity contribution in [1.29, 1.82) is 0 Å². The lowest BCUT2D eigenvalue weighted by molar-refractivity contribution is 0.102. The molecule has 0 saturated heterocycles. The van der Waals surface area contributed by atoms with E-state index in [1.807, 2.05) is 6.92 Å². The molecule has 0 aromatic carbocycles. The summed E-state index contributed by atoms with van der Waals surface area (Å²) in [7, 11) is 0. The van der Waals surface area contributed by atoms with Gasteiger partial charge in [-0.2, -0.15) is 0 Å². The predicted octanol–water partition coefficient (Wildman–Crippen LogP) is 1.55. The Hall–Kier alpha value is -2.30. The van der Waals surface area contributed by atoms with Crippen LogP contribution >= 0.6 is 0 Å². The molecule has 16 heavy (non-hydrogen) atoms. The van der Waals surface area contributed by atoms with Crippen LogP contribution in [0.3, 0.4) is 0 Å². The predicted molar refractivity (Wildman–Crippen MR) is 62.1 cm³/mol. The summed E-state index contributed by atoms with van der Waals surface area (Å²) in [4.78, 5) is 18.6. The summed E-state index contributed by atoms with van der Waals surface area (Å²) in [5.74, 6) is -0.229. The number of carbonyl (C=O) groups is 1. The number of amides is 1. The summed E-state index contributed by atoms with van der Waals surface area (Å²) >= 11 is 0. The molecule has 82 valence electrons. The zero-order valence-corrected chi connectivity index (χ0v) is 8.82. The van der Waals surface area contributed by atoms with Gasteiger partial charge in [-0.05, 0) is 25.1 Å². The number of nitrogens with two attached hydrogens (primary N) is 1. The number of nitrogen functional groups attached to an aromatic ring is 1. The van der Waals surface area contributed by atoms with Crippen molar-refractivity contribution >= 4 is 17.3 Å². The number of rotatable bonds is 2. The van der Waals surface area contributed by atoms with Crippen LogP contribution in [0.1, 0.15) is 16.2 Å². The number of nitrogens with zero attached hydrogens (tertiary/aromatic N) is 1. The number of anilines is 2.